The average molecular weight is 546 g/mol. The van der Waals surface area contributed by atoms with Crippen molar-refractivity contribution in [3.05, 3.63) is 46.2 Å². The Labute approximate surface area is 199 Å². The Kier molecular flexibility index (Phi) is 12.2. The van der Waals surface area contributed by atoms with E-state index in [4.69, 9.17) is 9.47 Å². The molecular formula is C21H31IN4O3S. The fourth-order valence-corrected chi connectivity index (χ4v) is 3.44. The molecule has 0 aliphatic rings. The van der Waals surface area contributed by atoms with Crippen molar-refractivity contribution in [1.82, 2.24) is 16.0 Å². The highest BCUT2D eigenvalue weighted by atomic mass is 127. The maximum absolute atomic E-state index is 11.6. The van der Waals surface area contributed by atoms with Crippen LogP contribution >= 0.6 is 35.3 Å². The predicted molar refractivity (Wildman–Crippen MR) is 134 cm³/mol. The molecule has 7 nitrogen and oxygen atoms in total. The van der Waals surface area contributed by atoms with E-state index in [9.17, 15) is 4.79 Å². The van der Waals surface area contributed by atoms with Crippen molar-refractivity contribution in [2.24, 2.45) is 4.99 Å². The fourth-order valence-electron chi connectivity index (χ4n) is 2.66. The summed E-state index contributed by atoms with van der Waals surface area (Å²) in [6, 6.07) is 7.78. The average Bonchev–Trinajstić information content (AvgIpc) is 3.27. The van der Waals surface area contributed by atoms with Gasteiger partial charge in [-0.1, -0.05) is 13.0 Å². The Balaban J connectivity index is 0.00000450. The lowest BCUT2D eigenvalue weighted by Crippen LogP contribution is -2.38. The van der Waals surface area contributed by atoms with Gasteiger partial charge in [-0.2, -0.15) is 11.3 Å². The quantitative estimate of drug-likeness (QED) is 0.242. The van der Waals surface area contributed by atoms with Gasteiger partial charge in [-0.3, -0.25) is 9.79 Å². The number of thiophene rings is 1. The normalized spacial score (nSPS) is 11.8. The van der Waals surface area contributed by atoms with E-state index in [-0.39, 0.29) is 36.5 Å². The number of benzene rings is 1. The molecule has 166 valence electrons. The number of likely N-dealkylation sites (N-methyl/N-ethyl adjacent to an activating group) is 1. The van der Waals surface area contributed by atoms with Crippen molar-refractivity contribution < 1.29 is 14.3 Å². The first kappa shape index (κ1) is 26.0. The number of aliphatic imine (C=N–C) groups is 1. The summed E-state index contributed by atoms with van der Waals surface area (Å²) < 4.78 is 11.0. The molecule has 0 aliphatic carbocycles. The number of rotatable bonds is 10. The van der Waals surface area contributed by atoms with Crippen LogP contribution in [0.3, 0.4) is 0 Å². The van der Waals surface area contributed by atoms with Crippen LogP contribution in [0.5, 0.6) is 11.5 Å². The molecule has 0 bridgehead atoms. The summed E-state index contributed by atoms with van der Waals surface area (Å²) in [6.45, 7) is 5.97. The van der Waals surface area contributed by atoms with Crippen molar-refractivity contribution in [3.8, 4) is 11.5 Å². The highest BCUT2D eigenvalue weighted by Gasteiger charge is 2.10. The SMILES string of the molecule is CCNC(=O)COc1ccc(CNC(=NC)NCC(C)c2ccsc2)cc1OC.I. The van der Waals surface area contributed by atoms with E-state index in [1.807, 2.05) is 25.1 Å². The van der Waals surface area contributed by atoms with Gasteiger partial charge >= 0.3 is 0 Å². The summed E-state index contributed by atoms with van der Waals surface area (Å²) in [6.07, 6.45) is 0. The van der Waals surface area contributed by atoms with Gasteiger partial charge in [0.15, 0.2) is 24.1 Å². The molecule has 0 saturated carbocycles. The highest BCUT2D eigenvalue weighted by molar-refractivity contribution is 14.0. The topological polar surface area (TPSA) is 84.0 Å². The first-order valence-electron chi connectivity index (χ1n) is 9.60. The third-order valence-corrected chi connectivity index (χ3v) is 5.03. The number of carbonyl (C=O) groups is 1. The molecule has 1 atom stereocenters. The molecule has 1 heterocycles. The minimum Gasteiger partial charge on any atom is -0.493 e. The third-order valence-electron chi connectivity index (χ3n) is 4.33. The Hall–Kier alpha value is -2.01. The molecule has 2 aromatic rings. The first-order chi connectivity index (χ1) is 14.1. The van der Waals surface area contributed by atoms with Crippen molar-refractivity contribution in [2.75, 3.05) is 33.9 Å². The van der Waals surface area contributed by atoms with Crippen LogP contribution in [0, 0.1) is 0 Å². The third kappa shape index (κ3) is 8.39. The molecule has 30 heavy (non-hydrogen) atoms. The zero-order chi connectivity index (χ0) is 21.1. The van der Waals surface area contributed by atoms with Crippen molar-refractivity contribution in [2.45, 2.75) is 26.3 Å². The van der Waals surface area contributed by atoms with Crippen molar-refractivity contribution in [1.29, 1.82) is 0 Å². The molecule has 3 N–H and O–H groups in total. The standard InChI is InChI=1S/C21H30N4O3S.HI/c1-5-23-20(26)13-28-18-7-6-16(10-19(18)27-4)12-25-21(22-3)24-11-15(2)17-8-9-29-14-17;/h6-10,14-15H,5,11-13H2,1-4H3,(H,23,26)(H2,22,24,25);1H. The molecule has 0 saturated heterocycles. The largest absolute Gasteiger partial charge is 0.493 e. The smallest absolute Gasteiger partial charge is 0.257 e. The minimum absolute atomic E-state index is 0. The maximum atomic E-state index is 11.6. The second kappa shape index (κ2) is 14.1. The van der Waals surface area contributed by atoms with Gasteiger partial charge in [0.1, 0.15) is 0 Å². The van der Waals surface area contributed by atoms with Crippen LogP contribution in [0.25, 0.3) is 0 Å². The first-order valence-corrected chi connectivity index (χ1v) is 10.5. The van der Waals surface area contributed by atoms with Crippen LogP contribution in [-0.2, 0) is 11.3 Å². The number of methoxy groups -OCH3 is 1. The van der Waals surface area contributed by atoms with Gasteiger partial charge < -0.3 is 25.4 Å². The Morgan fingerprint density at radius 3 is 2.63 bits per heavy atom. The summed E-state index contributed by atoms with van der Waals surface area (Å²) in [5.41, 5.74) is 2.34. The van der Waals surface area contributed by atoms with E-state index in [1.54, 1.807) is 25.5 Å². The number of guanidine groups is 1. The van der Waals surface area contributed by atoms with Gasteiger partial charge in [-0.05, 0) is 52.9 Å². The molecule has 1 amide bonds. The highest BCUT2D eigenvalue weighted by Crippen LogP contribution is 2.28. The van der Waals surface area contributed by atoms with Crippen LogP contribution in [0.4, 0.5) is 0 Å². The van der Waals surface area contributed by atoms with E-state index in [2.05, 4.69) is 44.7 Å². The van der Waals surface area contributed by atoms with Crippen molar-refractivity contribution >= 4 is 47.2 Å². The summed E-state index contributed by atoms with van der Waals surface area (Å²) in [7, 11) is 3.33. The van der Waals surface area contributed by atoms with E-state index in [0.717, 1.165) is 18.1 Å². The zero-order valence-corrected chi connectivity index (χ0v) is 21.0. The molecule has 1 aromatic heterocycles. The number of nitrogens with zero attached hydrogens (tertiary/aromatic N) is 1. The number of halogens is 1. The minimum atomic E-state index is -0.160. The molecule has 0 radical (unpaired) electrons. The number of ether oxygens (including phenoxy) is 2. The van der Waals surface area contributed by atoms with E-state index in [1.165, 1.54) is 5.56 Å². The lowest BCUT2D eigenvalue weighted by atomic mass is 10.1. The van der Waals surface area contributed by atoms with E-state index in [0.29, 0.717) is 30.5 Å². The maximum Gasteiger partial charge on any atom is 0.257 e. The number of carbonyl (C=O) groups excluding carboxylic acids is 1. The van der Waals surface area contributed by atoms with Gasteiger partial charge in [0.05, 0.1) is 7.11 Å². The van der Waals surface area contributed by atoms with Crippen LogP contribution < -0.4 is 25.4 Å². The van der Waals surface area contributed by atoms with Crippen LogP contribution in [0.2, 0.25) is 0 Å². The summed E-state index contributed by atoms with van der Waals surface area (Å²) in [4.78, 5) is 15.9. The predicted octanol–water partition coefficient (Wildman–Crippen LogP) is 3.36. The fraction of sp³-hybridized carbons (Fsp3) is 0.429. The Morgan fingerprint density at radius 1 is 1.20 bits per heavy atom. The molecular weight excluding hydrogens is 515 g/mol. The van der Waals surface area contributed by atoms with E-state index >= 15 is 0 Å². The zero-order valence-electron chi connectivity index (χ0n) is 17.9. The van der Waals surface area contributed by atoms with Gasteiger partial charge in [0.25, 0.3) is 5.91 Å². The van der Waals surface area contributed by atoms with Crippen molar-refractivity contribution in [3.63, 3.8) is 0 Å². The van der Waals surface area contributed by atoms with Crippen LogP contribution in [0.15, 0.2) is 40.0 Å². The summed E-state index contributed by atoms with van der Waals surface area (Å²) in [5.74, 6) is 2.10. The molecule has 0 spiro atoms. The monoisotopic (exact) mass is 546 g/mol. The number of hydrogen-bond donors (Lipinski definition) is 3. The molecule has 9 heteroatoms. The molecule has 1 aromatic carbocycles. The number of nitrogens with one attached hydrogen (secondary N) is 3. The Morgan fingerprint density at radius 2 is 2.00 bits per heavy atom. The lowest BCUT2D eigenvalue weighted by molar-refractivity contribution is -0.123. The van der Waals surface area contributed by atoms with Gasteiger partial charge in [0, 0.05) is 26.7 Å². The molecule has 0 fully saturated rings. The second-order valence-electron chi connectivity index (χ2n) is 6.49. The number of hydrogen-bond acceptors (Lipinski definition) is 5. The van der Waals surface area contributed by atoms with E-state index < -0.39 is 0 Å². The summed E-state index contributed by atoms with van der Waals surface area (Å²) in [5, 5.41) is 13.6. The summed E-state index contributed by atoms with van der Waals surface area (Å²) >= 11 is 1.71. The molecule has 0 aliphatic heterocycles. The lowest BCUT2D eigenvalue weighted by Gasteiger charge is -2.16. The van der Waals surface area contributed by atoms with Gasteiger partial charge in [0.2, 0.25) is 0 Å². The molecule has 2 rings (SSSR count). The van der Waals surface area contributed by atoms with Gasteiger partial charge in [-0.25, -0.2) is 0 Å². The van der Waals surface area contributed by atoms with Crippen LogP contribution in [-0.4, -0.2) is 45.7 Å². The Bertz CT molecular complexity index is 800. The van der Waals surface area contributed by atoms with Gasteiger partial charge in [-0.15, -0.1) is 24.0 Å². The molecule has 1 unspecified atom stereocenters. The van der Waals surface area contributed by atoms with Crippen LogP contribution in [0.1, 0.15) is 30.9 Å². The number of amides is 1. The second-order valence-corrected chi connectivity index (χ2v) is 7.27.